The third-order valence-electron chi connectivity index (χ3n) is 0.109. The third-order valence-corrected chi connectivity index (χ3v) is 0.567. The molecule has 2 heteroatoms. The number of hydrogen-bond donors (Lipinski definition) is 0. The van der Waals surface area contributed by atoms with E-state index in [1.54, 1.807) is 6.08 Å². The highest BCUT2D eigenvalue weighted by molar-refractivity contribution is 9.09. The summed E-state index contributed by atoms with van der Waals surface area (Å²) in [4.78, 5) is 0. The predicted octanol–water partition coefficient (Wildman–Crippen LogP) is 0.383. The van der Waals surface area contributed by atoms with E-state index >= 15 is 0 Å². The summed E-state index contributed by atoms with van der Waals surface area (Å²) >= 11 is 3.13. The molecule has 0 aliphatic carbocycles. The molecule has 30 valence electrons. The zero-order valence-electron chi connectivity index (χ0n) is 2.37. The maximum atomic E-state index is 3.43. The predicted molar refractivity (Wildman–Crippen MR) is 33.9 cm³/mol. The molecule has 0 aliphatic rings. The van der Waals surface area contributed by atoms with E-state index in [4.69, 9.17) is 0 Å². The van der Waals surface area contributed by atoms with Gasteiger partial charge in [0, 0.05) is 5.33 Å². The average Bonchev–Trinajstić information content (AvgIpc) is 1.37. The van der Waals surface area contributed by atoms with Crippen molar-refractivity contribution >= 4 is 33.3 Å². The van der Waals surface area contributed by atoms with E-state index in [0.717, 1.165) is 5.33 Å². The lowest BCUT2D eigenvalue weighted by Crippen LogP contribution is -1.43. The van der Waals surface area contributed by atoms with Gasteiger partial charge in [0.1, 0.15) is 0 Å². The van der Waals surface area contributed by atoms with Gasteiger partial charge in [-0.15, -0.1) is 6.58 Å². The maximum Gasteiger partial charge on any atom is 0.187 e. The minimum atomic E-state index is 0. The lowest BCUT2D eigenvalue weighted by molar-refractivity contribution is 1.87. The van der Waals surface area contributed by atoms with Crippen molar-refractivity contribution in [3.63, 3.8) is 0 Å². The zero-order valence-corrected chi connectivity index (χ0v) is 3.96. The zero-order chi connectivity index (χ0) is 3.41. The van der Waals surface area contributed by atoms with Crippen LogP contribution in [0.2, 0.25) is 0 Å². The third kappa shape index (κ3) is 11.7. The minimum absolute atomic E-state index is 0. The first kappa shape index (κ1) is 9.23. The van der Waals surface area contributed by atoms with Crippen molar-refractivity contribution in [2.75, 3.05) is 5.33 Å². The van der Waals surface area contributed by atoms with Gasteiger partial charge in [-0.25, -0.2) is 0 Å². The smallest absolute Gasteiger partial charge is 0.102 e. The van der Waals surface area contributed by atoms with Crippen molar-refractivity contribution < 1.29 is 0 Å². The Morgan fingerprint density at radius 2 is 2.00 bits per heavy atom. The molecular formula is C3H8AlBr. The molecule has 0 radical (unpaired) electrons. The second-order valence-corrected chi connectivity index (χ2v) is 1.09. The molecule has 0 saturated carbocycles. The molecule has 0 nitrogen and oxygen atoms in total. The largest absolute Gasteiger partial charge is 0.187 e. The molecule has 0 aromatic rings. The van der Waals surface area contributed by atoms with Crippen LogP contribution in [0.1, 0.15) is 0 Å². The van der Waals surface area contributed by atoms with Crippen molar-refractivity contribution in [1.82, 2.24) is 0 Å². The van der Waals surface area contributed by atoms with E-state index in [9.17, 15) is 0 Å². The molecule has 0 rings (SSSR count). The van der Waals surface area contributed by atoms with E-state index in [0.29, 0.717) is 0 Å². The summed E-state index contributed by atoms with van der Waals surface area (Å²) in [5, 5.41) is 0.896. The van der Waals surface area contributed by atoms with Gasteiger partial charge in [0.05, 0.1) is 0 Å². The highest BCUT2D eigenvalue weighted by atomic mass is 79.9. The summed E-state index contributed by atoms with van der Waals surface area (Å²) in [6.45, 7) is 3.43. The molecule has 0 atom stereocenters. The lowest BCUT2D eigenvalue weighted by Gasteiger charge is -1.55. The summed E-state index contributed by atoms with van der Waals surface area (Å²) in [5.41, 5.74) is 0. The summed E-state index contributed by atoms with van der Waals surface area (Å²) in [6, 6.07) is 0. The van der Waals surface area contributed by atoms with Gasteiger partial charge < -0.3 is 0 Å². The number of allylic oxidation sites excluding steroid dienone is 1. The Kier molecular flexibility index (Phi) is 16.3. The van der Waals surface area contributed by atoms with Gasteiger partial charge in [-0.05, 0) is 0 Å². The van der Waals surface area contributed by atoms with E-state index in [2.05, 4.69) is 22.5 Å². The van der Waals surface area contributed by atoms with E-state index in [1.165, 1.54) is 0 Å². The Labute approximate surface area is 51.5 Å². The van der Waals surface area contributed by atoms with Gasteiger partial charge in [-0.2, -0.15) is 0 Å². The molecule has 0 spiro atoms. The minimum Gasteiger partial charge on any atom is -0.102 e. The SMILES string of the molecule is C=CCBr.[AlH3]. The number of halogens is 1. The Balaban J connectivity index is 0. The fourth-order valence-corrected chi connectivity index (χ4v) is 0. The Hall–Kier alpha value is 0.752. The Morgan fingerprint density at radius 3 is 2.00 bits per heavy atom. The molecule has 0 N–H and O–H groups in total. The molecule has 0 aromatic heterocycles. The number of hydrogen-bond acceptors (Lipinski definition) is 0. The Morgan fingerprint density at radius 1 is 1.80 bits per heavy atom. The van der Waals surface area contributed by atoms with Gasteiger partial charge >= 0.3 is 0 Å². The van der Waals surface area contributed by atoms with Crippen LogP contribution in [0.15, 0.2) is 12.7 Å². The van der Waals surface area contributed by atoms with Gasteiger partial charge in [0.2, 0.25) is 0 Å². The highest BCUT2D eigenvalue weighted by Crippen LogP contribution is 1.73. The second-order valence-electron chi connectivity index (χ2n) is 0.443. The summed E-state index contributed by atoms with van der Waals surface area (Å²) in [6.07, 6.45) is 1.79. The lowest BCUT2D eigenvalue weighted by atomic mass is 10.8. The van der Waals surface area contributed by atoms with Gasteiger partial charge in [0.15, 0.2) is 17.4 Å². The quantitative estimate of drug-likeness (QED) is 0.288. The molecule has 0 heterocycles. The molecule has 0 amide bonds. The van der Waals surface area contributed by atoms with Gasteiger partial charge in [-0.1, -0.05) is 22.0 Å². The number of alkyl halides is 1. The van der Waals surface area contributed by atoms with E-state index < -0.39 is 0 Å². The maximum absolute atomic E-state index is 3.43. The normalized spacial score (nSPS) is 5.00. The first-order valence-electron chi connectivity index (χ1n) is 1.08. The summed E-state index contributed by atoms with van der Waals surface area (Å²) in [5.74, 6) is 0. The highest BCUT2D eigenvalue weighted by Gasteiger charge is 1.47. The van der Waals surface area contributed by atoms with Crippen molar-refractivity contribution in [1.29, 1.82) is 0 Å². The van der Waals surface area contributed by atoms with Crippen LogP contribution in [0.3, 0.4) is 0 Å². The van der Waals surface area contributed by atoms with Crippen LogP contribution < -0.4 is 0 Å². The molecule has 0 aliphatic heterocycles. The molecule has 0 saturated heterocycles. The first-order chi connectivity index (χ1) is 1.91. The van der Waals surface area contributed by atoms with Crippen molar-refractivity contribution in [3.8, 4) is 0 Å². The van der Waals surface area contributed by atoms with Gasteiger partial charge in [-0.3, -0.25) is 0 Å². The van der Waals surface area contributed by atoms with Crippen LogP contribution in [-0.2, 0) is 0 Å². The molecule has 0 fully saturated rings. The van der Waals surface area contributed by atoms with E-state index in [-0.39, 0.29) is 17.4 Å². The van der Waals surface area contributed by atoms with Crippen molar-refractivity contribution in [3.05, 3.63) is 12.7 Å². The van der Waals surface area contributed by atoms with Crippen LogP contribution in [0, 0.1) is 0 Å². The molecule has 0 aromatic carbocycles. The first-order valence-corrected chi connectivity index (χ1v) is 2.21. The monoisotopic (exact) mass is 150 g/mol. The number of rotatable bonds is 1. The van der Waals surface area contributed by atoms with Crippen LogP contribution in [0.4, 0.5) is 0 Å². The Bertz CT molecular complexity index is 20.9. The van der Waals surface area contributed by atoms with Crippen LogP contribution in [0.25, 0.3) is 0 Å². The fraction of sp³-hybridized carbons (Fsp3) is 0.333. The van der Waals surface area contributed by atoms with Crippen LogP contribution in [0.5, 0.6) is 0 Å². The van der Waals surface area contributed by atoms with Crippen LogP contribution in [-0.4, -0.2) is 22.7 Å². The van der Waals surface area contributed by atoms with Crippen LogP contribution >= 0.6 is 15.9 Å². The van der Waals surface area contributed by atoms with Crippen molar-refractivity contribution in [2.45, 2.75) is 0 Å². The summed E-state index contributed by atoms with van der Waals surface area (Å²) in [7, 11) is 0. The second kappa shape index (κ2) is 8.83. The molecular weight excluding hydrogens is 143 g/mol. The van der Waals surface area contributed by atoms with Gasteiger partial charge in [0.25, 0.3) is 0 Å². The standard InChI is InChI=1S/C3H5Br.Al.3H/c1-2-3-4;;;;/h2H,1,3H2;;;;. The van der Waals surface area contributed by atoms with Crippen molar-refractivity contribution in [2.24, 2.45) is 0 Å². The molecule has 0 unspecified atom stereocenters. The molecule has 5 heavy (non-hydrogen) atoms. The molecule has 0 bridgehead atoms. The van der Waals surface area contributed by atoms with E-state index in [1.807, 2.05) is 0 Å². The summed E-state index contributed by atoms with van der Waals surface area (Å²) < 4.78 is 0. The average molecular weight is 151 g/mol. The fourth-order valence-electron chi connectivity index (χ4n) is 0. The topological polar surface area (TPSA) is 0 Å².